The first-order chi connectivity index (χ1) is 27.7. The van der Waals surface area contributed by atoms with Crippen LogP contribution in [0.25, 0.3) is 42.4 Å². The minimum absolute atomic E-state index is 0.238. The minimum atomic E-state index is 0.238. The van der Waals surface area contributed by atoms with Gasteiger partial charge in [0.05, 0.1) is 10.4 Å². The molecule has 2 nitrogen and oxygen atoms in total. The van der Waals surface area contributed by atoms with Crippen molar-refractivity contribution in [1.82, 2.24) is 0 Å². The molecule has 4 heteroatoms. The highest BCUT2D eigenvalue weighted by atomic mass is 32.1. The van der Waals surface area contributed by atoms with E-state index in [2.05, 4.69) is 200 Å². The molecule has 2 heterocycles. The molecule has 1 unspecified atom stereocenters. The highest BCUT2D eigenvalue weighted by Crippen LogP contribution is 2.48. The molecule has 0 saturated carbocycles. The lowest BCUT2D eigenvalue weighted by molar-refractivity contribution is 0.730. The van der Waals surface area contributed by atoms with E-state index in [4.69, 9.17) is 0 Å². The van der Waals surface area contributed by atoms with Gasteiger partial charge in [0.15, 0.2) is 7.28 Å². The molecule has 0 spiro atoms. The molecule has 11 rings (SSSR count). The lowest BCUT2D eigenvalue weighted by atomic mass is 9.51. The van der Waals surface area contributed by atoms with Crippen molar-refractivity contribution in [2.24, 2.45) is 0 Å². The smallest absolute Gasteiger partial charge is 0.193 e. The van der Waals surface area contributed by atoms with Gasteiger partial charge in [-0.25, -0.2) is 0 Å². The van der Waals surface area contributed by atoms with Crippen molar-refractivity contribution in [2.75, 3.05) is 10.2 Å². The van der Waals surface area contributed by atoms with Crippen LogP contribution in [-0.2, 0) is 6.42 Å². The molecule has 1 aromatic heterocycles. The molecule has 265 valence electrons. The Morgan fingerprint density at radius 3 is 2.12 bits per heavy atom. The second-order valence-electron chi connectivity index (χ2n) is 15.1. The molecule has 0 amide bonds. The topological polar surface area (TPSA) is 15.3 Å². The van der Waals surface area contributed by atoms with Crippen molar-refractivity contribution >= 4 is 78.2 Å². The Kier molecular flexibility index (Phi) is 7.92. The Morgan fingerprint density at radius 1 is 0.589 bits per heavy atom. The summed E-state index contributed by atoms with van der Waals surface area (Å²) < 4.78 is 2.58. The van der Waals surface area contributed by atoms with E-state index < -0.39 is 0 Å². The van der Waals surface area contributed by atoms with Crippen molar-refractivity contribution in [1.29, 1.82) is 0 Å². The van der Waals surface area contributed by atoms with E-state index in [0.29, 0.717) is 0 Å². The number of thiophene rings is 1. The van der Waals surface area contributed by atoms with Crippen LogP contribution in [-0.4, -0.2) is 7.28 Å². The lowest BCUT2D eigenvalue weighted by Crippen LogP contribution is -2.41. The van der Waals surface area contributed by atoms with Crippen molar-refractivity contribution < 1.29 is 0 Å². The number of nitrogens with zero attached hydrogens (tertiary/aromatic N) is 1. The van der Waals surface area contributed by atoms with Gasteiger partial charge in [-0.05, 0) is 107 Å². The van der Waals surface area contributed by atoms with Crippen LogP contribution < -0.4 is 21.1 Å². The van der Waals surface area contributed by atoms with Gasteiger partial charge < -0.3 is 10.2 Å². The number of hydrogen-bond donors (Lipinski definition) is 1. The van der Waals surface area contributed by atoms with E-state index in [-0.39, 0.29) is 5.92 Å². The average Bonchev–Trinajstić information content (AvgIpc) is 3.54. The first-order valence-electron chi connectivity index (χ1n) is 19.6. The van der Waals surface area contributed by atoms with Crippen molar-refractivity contribution in [3.63, 3.8) is 0 Å². The fourth-order valence-corrected chi connectivity index (χ4v) is 10.5. The lowest BCUT2D eigenvalue weighted by Gasteiger charge is -2.34. The molecule has 0 bridgehead atoms. The maximum atomic E-state index is 4.03. The minimum Gasteiger partial charge on any atom is -0.354 e. The van der Waals surface area contributed by atoms with Crippen molar-refractivity contribution in [2.45, 2.75) is 25.7 Å². The molecule has 8 aromatic carbocycles. The van der Waals surface area contributed by atoms with Gasteiger partial charge in [0.2, 0.25) is 0 Å². The number of para-hydroxylation sites is 3. The second kappa shape index (κ2) is 13.4. The number of hydrogen-bond acceptors (Lipinski definition) is 3. The molecule has 1 radical (unpaired) electrons. The highest BCUT2D eigenvalue weighted by Gasteiger charge is 2.34. The van der Waals surface area contributed by atoms with E-state index in [1.165, 1.54) is 75.6 Å². The fourth-order valence-electron chi connectivity index (χ4n) is 9.29. The van der Waals surface area contributed by atoms with Crippen LogP contribution >= 0.6 is 11.3 Å². The van der Waals surface area contributed by atoms with Gasteiger partial charge in [0, 0.05) is 49.7 Å². The fraction of sp³-hybridized carbons (Fsp3) is 0.0769. The summed E-state index contributed by atoms with van der Waals surface area (Å²) in [5.41, 5.74) is 19.0. The molecule has 2 aliphatic rings. The molecular weight excluding hydrogens is 695 g/mol. The van der Waals surface area contributed by atoms with Crippen LogP contribution in [0, 0.1) is 6.92 Å². The maximum absolute atomic E-state index is 4.03. The summed E-state index contributed by atoms with van der Waals surface area (Å²) in [6, 6.07) is 64.8. The third-order valence-corrected chi connectivity index (χ3v) is 13.1. The third kappa shape index (κ3) is 5.39. The summed E-state index contributed by atoms with van der Waals surface area (Å²) in [6.45, 7) is 2.19. The zero-order valence-corrected chi connectivity index (χ0v) is 32.0. The van der Waals surface area contributed by atoms with Gasteiger partial charge in [-0.2, -0.15) is 0 Å². The van der Waals surface area contributed by atoms with Crippen LogP contribution in [0.3, 0.4) is 0 Å². The van der Waals surface area contributed by atoms with Gasteiger partial charge in [0.1, 0.15) is 0 Å². The van der Waals surface area contributed by atoms with Gasteiger partial charge >= 0.3 is 0 Å². The summed E-state index contributed by atoms with van der Waals surface area (Å²) >= 11 is 1.88. The highest BCUT2D eigenvalue weighted by molar-refractivity contribution is 7.26. The molecule has 9 aromatic rings. The first-order valence-corrected chi connectivity index (χ1v) is 20.4. The summed E-state index contributed by atoms with van der Waals surface area (Å²) in [4.78, 5) is 2.43. The normalized spacial score (nSPS) is 14.0. The molecule has 0 saturated heterocycles. The summed E-state index contributed by atoms with van der Waals surface area (Å²) in [7, 11) is 2.49. The van der Waals surface area contributed by atoms with Gasteiger partial charge in [0.25, 0.3) is 0 Å². The SMILES string of the molecule is Cc1ccccc1Nc1c(-c2cc(N(c3ccccc3)c3ccccc3)cc3c2[B]c2cccc4c2C3CCc2ccccc2-4)ccc2c1sc1ccccc12. The molecule has 0 fully saturated rings. The van der Waals surface area contributed by atoms with Crippen molar-refractivity contribution in [3.05, 3.63) is 198 Å². The van der Waals surface area contributed by atoms with Crippen LogP contribution in [0.1, 0.15) is 34.6 Å². The molecule has 1 N–H and O–H groups in total. The number of benzene rings is 8. The Balaban J connectivity index is 1.22. The molecule has 1 aliphatic carbocycles. The number of rotatable bonds is 6. The Bertz CT molecular complexity index is 2910. The standard InChI is InChI=1S/C52H38BN2S/c1-33-15-8-12-25-47(33)54-51-42(29-30-43-39-22-11-13-26-48(39)56-52(43)51)45-32-37(55(35-17-4-2-5-18-35)36-19-6-3-7-20-36)31-44-41-28-27-34-16-9-10-21-38(34)40-23-14-24-46(49(40)41)53-50(44)45/h2-26,29-32,41,54H,27-28H2,1H3. The van der Waals surface area contributed by atoms with E-state index >= 15 is 0 Å². The largest absolute Gasteiger partial charge is 0.354 e. The Labute approximate surface area is 333 Å². The van der Waals surface area contributed by atoms with Crippen LogP contribution in [0.2, 0.25) is 0 Å². The maximum Gasteiger partial charge on any atom is 0.193 e. The first kappa shape index (κ1) is 33.0. The molecule has 1 atom stereocenters. The average molecular weight is 734 g/mol. The van der Waals surface area contributed by atoms with Gasteiger partial charge in [-0.3, -0.25) is 0 Å². The summed E-state index contributed by atoms with van der Waals surface area (Å²) in [5.74, 6) is 0.238. The van der Waals surface area contributed by atoms with Gasteiger partial charge in [-0.15, -0.1) is 11.3 Å². The number of fused-ring (bicyclic) bond motifs is 7. The summed E-state index contributed by atoms with van der Waals surface area (Å²) in [5, 5.41) is 6.61. The van der Waals surface area contributed by atoms with E-state index in [1.807, 2.05) is 11.3 Å². The van der Waals surface area contributed by atoms with Gasteiger partial charge in [-0.1, -0.05) is 138 Å². The molecule has 56 heavy (non-hydrogen) atoms. The van der Waals surface area contributed by atoms with E-state index in [0.717, 1.165) is 41.3 Å². The third-order valence-electron chi connectivity index (χ3n) is 11.9. The number of nitrogens with one attached hydrogen (secondary N) is 1. The monoisotopic (exact) mass is 733 g/mol. The zero-order chi connectivity index (χ0) is 37.2. The zero-order valence-electron chi connectivity index (χ0n) is 31.2. The van der Waals surface area contributed by atoms with Crippen LogP contribution in [0.5, 0.6) is 0 Å². The Hall–Kier alpha value is -6.36. The van der Waals surface area contributed by atoms with E-state index in [1.54, 1.807) is 0 Å². The van der Waals surface area contributed by atoms with Crippen LogP contribution in [0.4, 0.5) is 28.4 Å². The Morgan fingerprint density at radius 2 is 1.30 bits per heavy atom. The van der Waals surface area contributed by atoms with E-state index in [9.17, 15) is 0 Å². The summed E-state index contributed by atoms with van der Waals surface area (Å²) in [6.07, 6.45) is 2.08. The van der Waals surface area contributed by atoms with Crippen molar-refractivity contribution in [3.8, 4) is 22.3 Å². The number of anilines is 5. The quantitative estimate of drug-likeness (QED) is 0.171. The molecule has 1 aliphatic heterocycles. The van der Waals surface area contributed by atoms with Crippen LogP contribution in [0.15, 0.2) is 176 Å². The molecular formula is C52H38BN2S. The number of aryl methyl sites for hydroxylation is 2. The predicted octanol–water partition coefficient (Wildman–Crippen LogP) is 13.0. The predicted molar refractivity (Wildman–Crippen MR) is 241 cm³/mol. The second-order valence-corrected chi connectivity index (χ2v) is 16.2.